The summed E-state index contributed by atoms with van der Waals surface area (Å²) < 4.78 is 68.9. The molecule has 6 rings (SSSR count). The van der Waals surface area contributed by atoms with Crippen LogP contribution in [0.5, 0.6) is 0 Å². The zero-order valence-electron chi connectivity index (χ0n) is 29.9. The summed E-state index contributed by atoms with van der Waals surface area (Å²) in [4.78, 5) is 0. The van der Waals surface area contributed by atoms with Gasteiger partial charge in [-0.3, -0.25) is 0 Å². The number of para-hydroxylation sites is 1. The monoisotopic (exact) mass is 517 g/mol. The lowest BCUT2D eigenvalue weighted by atomic mass is 9.87. The van der Waals surface area contributed by atoms with Crippen molar-refractivity contribution in [3.8, 4) is 33.5 Å². The van der Waals surface area contributed by atoms with Crippen LogP contribution in [0.2, 0.25) is 0 Å². The molecule has 4 aromatic carbocycles. The molecule has 0 saturated heterocycles. The molecule has 2 aromatic heterocycles. The van der Waals surface area contributed by atoms with Gasteiger partial charge in [-0.2, -0.15) is 0 Å². The van der Waals surface area contributed by atoms with Crippen molar-refractivity contribution in [2.75, 3.05) is 0 Å². The fourth-order valence-electron chi connectivity index (χ4n) is 5.27. The van der Waals surface area contributed by atoms with Crippen LogP contribution < -0.4 is 4.57 Å². The maximum atomic E-state index is 8.96. The van der Waals surface area contributed by atoms with Crippen molar-refractivity contribution in [3.63, 3.8) is 0 Å². The highest BCUT2D eigenvalue weighted by Gasteiger charge is 2.23. The molecule has 0 unspecified atom stereocenters. The maximum Gasteiger partial charge on any atom is 0.216 e. The van der Waals surface area contributed by atoms with E-state index in [1.165, 1.54) is 12.1 Å². The molecule has 194 valence electrons. The summed E-state index contributed by atoms with van der Waals surface area (Å²) in [6.07, 6.45) is -0.264. The Bertz CT molecular complexity index is 2120. The molecule has 0 spiro atoms. The largest absolute Gasteiger partial charge is 0.454 e. The third-order valence-electron chi connectivity index (χ3n) is 7.02. The Labute approximate surface area is 241 Å². The average Bonchev–Trinajstić information content (AvgIpc) is 3.35. The van der Waals surface area contributed by atoms with Crippen LogP contribution in [0.25, 0.3) is 55.4 Å². The average molecular weight is 518 g/mol. The van der Waals surface area contributed by atoms with Crippen molar-refractivity contribution in [3.05, 3.63) is 114 Å². The first-order valence-corrected chi connectivity index (χ1v) is 13.2. The number of fused-ring (bicyclic) bond motifs is 3. The van der Waals surface area contributed by atoms with Crippen LogP contribution in [0.3, 0.4) is 0 Å². The molecule has 0 atom stereocenters. The molecule has 2 nitrogen and oxygen atoms in total. The molecule has 39 heavy (non-hydrogen) atoms. The fourth-order valence-corrected chi connectivity index (χ4v) is 5.27. The van der Waals surface area contributed by atoms with Gasteiger partial charge in [0, 0.05) is 34.8 Å². The van der Waals surface area contributed by atoms with Crippen LogP contribution in [-0.4, -0.2) is 0 Å². The van der Waals surface area contributed by atoms with E-state index in [0.29, 0.717) is 11.3 Å². The van der Waals surface area contributed by atoms with Crippen molar-refractivity contribution in [1.82, 2.24) is 0 Å². The first-order valence-electron chi connectivity index (χ1n) is 16.7. The summed E-state index contributed by atoms with van der Waals surface area (Å²) in [7, 11) is 1.79. The van der Waals surface area contributed by atoms with E-state index < -0.39 is 18.6 Å². The molecule has 0 saturated carbocycles. The molecular weight excluding hydrogens is 474 g/mol. The topological polar surface area (TPSA) is 17.0 Å². The molecule has 2 heterocycles. The molecule has 2 heteroatoms. The second-order valence-electron chi connectivity index (χ2n) is 11.2. The number of pyridine rings is 1. The molecule has 0 bridgehead atoms. The maximum absolute atomic E-state index is 8.96. The number of nitrogens with zero attached hydrogens (tertiary/aromatic N) is 1. The van der Waals surface area contributed by atoms with Crippen LogP contribution in [0.15, 0.2) is 102 Å². The Morgan fingerprint density at radius 3 is 2.28 bits per heavy atom. The predicted molar refractivity (Wildman–Crippen MR) is 164 cm³/mol. The van der Waals surface area contributed by atoms with E-state index in [2.05, 4.69) is 0 Å². The molecule has 0 fully saturated rings. The Kier molecular flexibility index (Phi) is 4.45. The molecule has 0 aliphatic rings. The lowest BCUT2D eigenvalue weighted by Crippen LogP contribution is -2.31. The Morgan fingerprint density at radius 2 is 1.56 bits per heavy atom. The fraction of sp³-hybridized carbons (Fsp3) is 0.216. The molecule has 0 aliphatic carbocycles. The number of aryl methyl sites for hydroxylation is 3. The van der Waals surface area contributed by atoms with Gasteiger partial charge in [0.05, 0.1) is 8.30 Å². The number of rotatable bonds is 4. The molecule has 0 radical (unpaired) electrons. The highest BCUT2D eigenvalue weighted by Crippen LogP contribution is 2.41. The van der Waals surface area contributed by atoms with Gasteiger partial charge in [-0.25, -0.2) is 4.57 Å². The van der Waals surface area contributed by atoms with Crippen LogP contribution >= 0.6 is 0 Å². The second kappa shape index (κ2) is 9.54. The quantitative estimate of drug-likeness (QED) is 0.213. The first-order chi connectivity index (χ1) is 21.5. The molecule has 6 aromatic rings. The van der Waals surface area contributed by atoms with Gasteiger partial charge >= 0.3 is 0 Å². The number of aromatic nitrogens is 1. The van der Waals surface area contributed by atoms with Crippen molar-refractivity contribution in [2.24, 2.45) is 12.5 Å². The lowest BCUT2D eigenvalue weighted by Gasteiger charge is -2.18. The third-order valence-corrected chi connectivity index (χ3v) is 7.02. The molecule has 0 amide bonds. The van der Waals surface area contributed by atoms with Gasteiger partial charge in [0.15, 0.2) is 6.20 Å². The van der Waals surface area contributed by atoms with Gasteiger partial charge in [-0.15, -0.1) is 0 Å². The third kappa shape index (κ3) is 4.65. The van der Waals surface area contributed by atoms with Crippen molar-refractivity contribution >= 4 is 21.9 Å². The highest BCUT2D eigenvalue weighted by atomic mass is 16.3. The van der Waals surface area contributed by atoms with Gasteiger partial charge in [-0.05, 0) is 53.4 Å². The standard InChI is InChI=1S/C37H36NO/c1-24-15-20-31-30-14-10-13-29(27-11-8-7-9-12-27)35(30)39-36(31)34(24)33-21-32(25(2)23-38(33)6)28-18-16-26(17-19-28)22-37(3,4)5/h7-21,23H,22H2,1-6H3/q+1/i2D3,18D,19D,22D2. The van der Waals surface area contributed by atoms with Gasteiger partial charge in [0.25, 0.3) is 0 Å². The molecule has 0 aliphatic heterocycles. The van der Waals surface area contributed by atoms with Crippen LogP contribution in [0, 0.1) is 19.2 Å². The van der Waals surface area contributed by atoms with Gasteiger partial charge in [0.2, 0.25) is 5.69 Å². The van der Waals surface area contributed by atoms with E-state index in [1.54, 1.807) is 44.6 Å². The van der Waals surface area contributed by atoms with Crippen LogP contribution in [0.1, 0.15) is 47.1 Å². The number of hydrogen-bond acceptors (Lipinski definition) is 1. The lowest BCUT2D eigenvalue weighted by molar-refractivity contribution is -0.660. The smallest absolute Gasteiger partial charge is 0.216 e. The summed E-state index contributed by atoms with van der Waals surface area (Å²) in [5, 5.41) is 1.89. The van der Waals surface area contributed by atoms with Gasteiger partial charge in [0.1, 0.15) is 18.2 Å². The summed E-state index contributed by atoms with van der Waals surface area (Å²) in [6, 6.07) is 24.6. The summed E-state index contributed by atoms with van der Waals surface area (Å²) in [6.45, 7) is 4.76. The summed E-state index contributed by atoms with van der Waals surface area (Å²) >= 11 is 0. The van der Waals surface area contributed by atoms with Crippen LogP contribution in [0.4, 0.5) is 0 Å². The molecule has 0 N–H and O–H groups in total. The van der Waals surface area contributed by atoms with E-state index in [0.717, 1.165) is 38.6 Å². The minimum Gasteiger partial charge on any atom is -0.454 e. The Morgan fingerprint density at radius 1 is 0.821 bits per heavy atom. The minimum absolute atomic E-state index is 0.00753. The zero-order valence-corrected chi connectivity index (χ0v) is 22.9. The van der Waals surface area contributed by atoms with E-state index in [9.17, 15) is 0 Å². The van der Waals surface area contributed by atoms with E-state index in [1.807, 2.05) is 67.6 Å². The number of hydrogen-bond donors (Lipinski definition) is 0. The predicted octanol–water partition coefficient (Wildman–Crippen LogP) is 9.62. The van der Waals surface area contributed by atoms with Gasteiger partial charge < -0.3 is 4.42 Å². The Hall–Kier alpha value is -4.17. The van der Waals surface area contributed by atoms with Crippen molar-refractivity contribution in [2.45, 2.75) is 40.9 Å². The van der Waals surface area contributed by atoms with Crippen molar-refractivity contribution < 1.29 is 18.6 Å². The summed E-state index contributed by atoms with van der Waals surface area (Å²) in [5.41, 5.74) is 5.60. The van der Waals surface area contributed by atoms with E-state index in [-0.39, 0.29) is 34.3 Å². The second-order valence-corrected chi connectivity index (χ2v) is 11.2. The van der Waals surface area contributed by atoms with E-state index in [4.69, 9.17) is 14.0 Å². The van der Waals surface area contributed by atoms with E-state index >= 15 is 0 Å². The van der Waals surface area contributed by atoms with Crippen LogP contribution in [-0.2, 0) is 13.4 Å². The number of benzene rings is 4. The SMILES string of the molecule is [2H]c1cc(C([2H])([2H])C(C)(C)C)cc([2H])c1-c1cc(-c2c(C)ccc3c2oc2c(-c4ccccc4)cccc23)[n+](C)cc1C([2H])([2H])[2H]. The molecular formula is C37H36NO+. The zero-order chi connectivity index (χ0) is 33.3. The first kappa shape index (κ1) is 18.2. The van der Waals surface area contributed by atoms with Gasteiger partial charge in [-0.1, -0.05) is 106 Å². The minimum atomic E-state index is -2.53. The Balaban J connectivity index is 1.64. The number of furan rings is 1. The highest BCUT2D eigenvalue weighted by molar-refractivity contribution is 6.13. The summed E-state index contributed by atoms with van der Waals surface area (Å²) in [5.74, 6) is 0. The van der Waals surface area contributed by atoms with Crippen molar-refractivity contribution in [1.29, 1.82) is 0 Å². The normalized spacial score (nSPS) is 15.3.